The molecule has 0 atom stereocenters. The molecule has 1 aromatic rings. The second kappa shape index (κ2) is 2.87. The molecule has 0 aliphatic heterocycles. The number of hydrogen-bond donors (Lipinski definition) is 0. The van der Waals surface area contributed by atoms with Crippen molar-refractivity contribution in [2.75, 3.05) is 0 Å². The topological polar surface area (TPSA) is 0 Å². The van der Waals surface area contributed by atoms with E-state index in [1.165, 1.54) is 29.5 Å². The number of rotatable bonds is 1. The second-order valence-corrected chi connectivity index (χ2v) is 4.45. The van der Waals surface area contributed by atoms with Crippen molar-refractivity contribution in [3.05, 3.63) is 33.9 Å². The molecule has 0 amide bonds. The standard InChI is InChI=1S/C13H18/c1-8-7-9(2)13(12-5-6-12)11(4)10(8)3/h7,12H,5-6H2,1-4H3. The largest absolute Gasteiger partial charge is 0.0558 e. The van der Waals surface area contributed by atoms with Gasteiger partial charge in [0.1, 0.15) is 0 Å². The number of aryl methyl sites for hydroxylation is 2. The predicted octanol–water partition coefficient (Wildman–Crippen LogP) is 3.80. The quantitative estimate of drug-likeness (QED) is 0.607. The lowest BCUT2D eigenvalue weighted by Gasteiger charge is -2.14. The zero-order valence-corrected chi connectivity index (χ0v) is 9.07. The molecule has 0 aromatic heterocycles. The van der Waals surface area contributed by atoms with E-state index in [-0.39, 0.29) is 0 Å². The SMILES string of the molecule is Cc1cc(C)c(C2CC2)c(C)c1C. The van der Waals surface area contributed by atoms with Gasteiger partial charge in [0.05, 0.1) is 0 Å². The van der Waals surface area contributed by atoms with Crippen LogP contribution in [-0.2, 0) is 0 Å². The maximum atomic E-state index is 2.34. The number of hydrogen-bond acceptors (Lipinski definition) is 0. The molecular formula is C13H18. The lowest BCUT2D eigenvalue weighted by molar-refractivity contribution is 1.04. The van der Waals surface area contributed by atoms with E-state index in [1.807, 2.05) is 0 Å². The second-order valence-electron chi connectivity index (χ2n) is 4.45. The first-order valence-electron chi connectivity index (χ1n) is 5.18. The van der Waals surface area contributed by atoms with Crippen molar-refractivity contribution in [2.45, 2.75) is 46.5 Å². The van der Waals surface area contributed by atoms with Crippen LogP contribution in [0.15, 0.2) is 6.07 Å². The molecule has 0 N–H and O–H groups in total. The average molecular weight is 174 g/mol. The third kappa shape index (κ3) is 1.39. The zero-order chi connectivity index (χ0) is 9.59. The summed E-state index contributed by atoms with van der Waals surface area (Å²) in [6, 6.07) is 2.34. The third-order valence-electron chi connectivity index (χ3n) is 3.40. The maximum Gasteiger partial charge on any atom is -0.0156 e. The van der Waals surface area contributed by atoms with Gasteiger partial charge >= 0.3 is 0 Å². The Morgan fingerprint density at radius 3 is 2.08 bits per heavy atom. The van der Waals surface area contributed by atoms with Gasteiger partial charge in [-0.1, -0.05) is 6.07 Å². The molecule has 1 aliphatic rings. The molecule has 0 heteroatoms. The van der Waals surface area contributed by atoms with Crippen molar-refractivity contribution in [1.29, 1.82) is 0 Å². The molecule has 0 bridgehead atoms. The fourth-order valence-electron chi connectivity index (χ4n) is 2.30. The highest BCUT2D eigenvalue weighted by Crippen LogP contribution is 2.44. The van der Waals surface area contributed by atoms with Crippen LogP contribution >= 0.6 is 0 Å². The van der Waals surface area contributed by atoms with E-state index in [1.54, 1.807) is 11.1 Å². The maximum absolute atomic E-state index is 2.34. The van der Waals surface area contributed by atoms with Crippen LogP contribution < -0.4 is 0 Å². The molecule has 0 nitrogen and oxygen atoms in total. The van der Waals surface area contributed by atoms with Crippen LogP contribution in [0, 0.1) is 27.7 Å². The van der Waals surface area contributed by atoms with Gasteiger partial charge in [-0.2, -0.15) is 0 Å². The van der Waals surface area contributed by atoms with Gasteiger partial charge in [0, 0.05) is 0 Å². The first-order chi connectivity index (χ1) is 6.11. The Morgan fingerprint density at radius 2 is 1.54 bits per heavy atom. The van der Waals surface area contributed by atoms with Gasteiger partial charge in [-0.15, -0.1) is 0 Å². The van der Waals surface area contributed by atoms with Gasteiger partial charge < -0.3 is 0 Å². The lowest BCUT2D eigenvalue weighted by atomic mass is 9.92. The normalized spacial score (nSPS) is 16.3. The monoisotopic (exact) mass is 174 g/mol. The molecule has 13 heavy (non-hydrogen) atoms. The van der Waals surface area contributed by atoms with E-state index in [9.17, 15) is 0 Å². The summed E-state index contributed by atoms with van der Waals surface area (Å²) in [5.74, 6) is 0.888. The van der Waals surface area contributed by atoms with Crippen molar-refractivity contribution >= 4 is 0 Å². The van der Waals surface area contributed by atoms with Crippen LogP contribution in [0.25, 0.3) is 0 Å². The van der Waals surface area contributed by atoms with E-state index in [4.69, 9.17) is 0 Å². The molecule has 0 unspecified atom stereocenters. The van der Waals surface area contributed by atoms with E-state index in [0.717, 1.165) is 5.92 Å². The Bertz CT molecular complexity index is 344. The summed E-state index contributed by atoms with van der Waals surface area (Å²) in [5, 5.41) is 0. The summed E-state index contributed by atoms with van der Waals surface area (Å²) in [6.07, 6.45) is 2.81. The first kappa shape index (κ1) is 8.80. The number of benzene rings is 1. The van der Waals surface area contributed by atoms with Crippen LogP contribution in [0.2, 0.25) is 0 Å². The van der Waals surface area contributed by atoms with E-state index < -0.39 is 0 Å². The minimum absolute atomic E-state index is 0.888. The average Bonchev–Trinajstić information content (AvgIpc) is 2.84. The fourth-order valence-corrected chi connectivity index (χ4v) is 2.30. The summed E-state index contributed by atoms with van der Waals surface area (Å²) in [6.45, 7) is 9.00. The minimum atomic E-state index is 0.888. The van der Waals surface area contributed by atoms with Crippen molar-refractivity contribution in [2.24, 2.45) is 0 Å². The van der Waals surface area contributed by atoms with Crippen molar-refractivity contribution in [1.82, 2.24) is 0 Å². The summed E-state index contributed by atoms with van der Waals surface area (Å²) in [5.41, 5.74) is 7.62. The van der Waals surface area contributed by atoms with Crippen molar-refractivity contribution in [3.8, 4) is 0 Å². The molecule has 70 valence electrons. The van der Waals surface area contributed by atoms with Gasteiger partial charge in [-0.25, -0.2) is 0 Å². The van der Waals surface area contributed by atoms with E-state index in [2.05, 4.69) is 33.8 Å². The van der Waals surface area contributed by atoms with Crippen molar-refractivity contribution in [3.63, 3.8) is 0 Å². The summed E-state index contributed by atoms with van der Waals surface area (Å²) >= 11 is 0. The Hall–Kier alpha value is -0.780. The van der Waals surface area contributed by atoms with Crippen LogP contribution in [0.4, 0.5) is 0 Å². The van der Waals surface area contributed by atoms with Gasteiger partial charge in [0.25, 0.3) is 0 Å². The molecule has 2 rings (SSSR count). The molecule has 0 saturated heterocycles. The molecule has 0 heterocycles. The summed E-state index contributed by atoms with van der Waals surface area (Å²) in [7, 11) is 0. The summed E-state index contributed by atoms with van der Waals surface area (Å²) in [4.78, 5) is 0. The van der Waals surface area contributed by atoms with Crippen molar-refractivity contribution < 1.29 is 0 Å². The Balaban J connectivity index is 2.60. The first-order valence-corrected chi connectivity index (χ1v) is 5.18. The highest BCUT2D eigenvalue weighted by Gasteiger charge is 2.27. The molecule has 1 aromatic carbocycles. The Kier molecular flexibility index (Phi) is 1.94. The predicted molar refractivity (Wildman–Crippen MR) is 57.4 cm³/mol. The van der Waals surface area contributed by atoms with Gasteiger partial charge in [0.2, 0.25) is 0 Å². The lowest BCUT2D eigenvalue weighted by Crippen LogP contribution is -1.96. The van der Waals surface area contributed by atoms with Crippen LogP contribution in [0.3, 0.4) is 0 Å². The highest BCUT2D eigenvalue weighted by atomic mass is 14.3. The molecular weight excluding hydrogens is 156 g/mol. The molecule has 0 spiro atoms. The molecule has 1 aliphatic carbocycles. The van der Waals surface area contributed by atoms with Gasteiger partial charge in [0.15, 0.2) is 0 Å². The van der Waals surface area contributed by atoms with Crippen LogP contribution in [0.1, 0.15) is 46.6 Å². The van der Waals surface area contributed by atoms with Gasteiger partial charge in [-0.05, 0) is 74.3 Å². The fraction of sp³-hybridized carbons (Fsp3) is 0.538. The van der Waals surface area contributed by atoms with E-state index >= 15 is 0 Å². The smallest absolute Gasteiger partial charge is 0.0156 e. The summed E-state index contributed by atoms with van der Waals surface area (Å²) < 4.78 is 0. The van der Waals surface area contributed by atoms with E-state index in [0.29, 0.717) is 0 Å². The van der Waals surface area contributed by atoms with Crippen LogP contribution in [-0.4, -0.2) is 0 Å². The minimum Gasteiger partial charge on any atom is -0.0558 e. The molecule has 0 radical (unpaired) electrons. The Labute approximate surface area is 81.0 Å². The Morgan fingerprint density at radius 1 is 0.923 bits per heavy atom. The third-order valence-corrected chi connectivity index (χ3v) is 3.40. The zero-order valence-electron chi connectivity index (χ0n) is 9.07. The van der Waals surface area contributed by atoms with Crippen LogP contribution in [0.5, 0.6) is 0 Å². The van der Waals surface area contributed by atoms with Gasteiger partial charge in [-0.3, -0.25) is 0 Å². The molecule has 1 saturated carbocycles. The molecule has 1 fully saturated rings. The highest BCUT2D eigenvalue weighted by molar-refractivity contribution is 5.47.